The molecule has 0 radical (unpaired) electrons. The van der Waals surface area contributed by atoms with Crippen molar-refractivity contribution in [1.29, 1.82) is 5.26 Å². The average Bonchev–Trinajstić information content (AvgIpc) is 2.74. The van der Waals surface area contributed by atoms with Crippen LogP contribution in [0.25, 0.3) is 0 Å². The summed E-state index contributed by atoms with van der Waals surface area (Å²) in [7, 11) is 0. The first-order chi connectivity index (χ1) is 7.73. The first kappa shape index (κ1) is 12.3. The highest BCUT2D eigenvalue weighted by Gasteiger charge is 2.32. The summed E-state index contributed by atoms with van der Waals surface area (Å²) in [5.74, 6) is 1.56. The van der Waals surface area contributed by atoms with Gasteiger partial charge in [-0.25, -0.2) is 0 Å². The molecule has 1 N–H and O–H groups in total. The molecule has 3 atom stereocenters. The highest BCUT2D eigenvalue weighted by atomic mass is 32.2. The molecule has 1 heterocycles. The Bertz CT molecular complexity index is 266. The third-order valence-electron chi connectivity index (χ3n) is 3.97. The van der Waals surface area contributed by atoms with E-state index >= 15 is 0 Å². The number of thioether (sulfide) groups is 1. The van der Waals surface area contributed by atoms with E-state index in [0.717, 1.165) is 13.0 Å². The average molecular weight is 238 g/mol. The number of rotatable bonds is 3. The van der Waals surface area contributed by atoms with E-state index in [2.05, 4.69) is 30.1 Å². The van der Waals surface area contributed by atoms with E-state index in [4.69, 9.17) is 5.26 Å². The fraction of sp³-hybridized carbons (Fsp3) is 0.923. The van der Waals surface area contributed by atoms with Crippen molar-refractivity contribution in [3.8, 4) is 6.07 Å². The summed E-state index contributed by atoms with van der Waals surface area (Å²) < 4.78 is 0.428. The fourth-order valence-electron chi connectivity index (χ4n) is 2.85. The van der Waals surface area contributed by atoms with Crippen LogP contribution >= 0.6 is 11.8 Å². The Morgan fingerprint density at radius 3 is 2.88 bits per heavy atom. The molecule has 2 fully saturated rings. The largest absolute Gasteiger partial charge is 0.311 e. The second kappa shape index (κ2) is 5.42. The zero-order valence-corrected chi connectivity index (χ0v) is 11.0. The summed E-state index contributed by atoms with van der Waals surface area (Å²) in [6.07, 6.45) is 7.50. The van der Waals surface area contributed by atoms with Gasteiger partial charge < -0.3 is 5.32 Å². The molecule has 0 aromatic carbocycles. The quantitative estimate of drug-likeness (QED) is 0.821. The Morgan fingerprint density at radius 1 is 1.38 bits per heavy atom. The van der Waals surface area contributed by atoms with E-state index in [-0.39, 0.29) is 5.92 Å². The normalized spacial score (nSPS) is 39.5. The molecule has 2 aliphatic rings. The van der Waals surface area contributed by atoms with Crippen LogP contribution in [0.15, 0.2) is 0 Å². The highest BCUT2D eigenvalue weighted by molar-refractivity contribution is 8.00. The molecule has 1 aliphatic carbocycles. The molecule has 16 heavy (non-hydrogen) atoms. The summed E-state index contributed by atoms with van der Waals surface area (Å²) in [4.78, 5) is 0. The lowest BCUT2D eigenvalue weighted by molar-refractivity contribution is 0.304. The molecule has 0 bridgehead atoms. The van der Waals surface area contributed by atoms with Crippen molar-refractivity contribution in [2.75, 3.05) is 12.3 Å². The van der Waals surface area contributed by atoms with Crippen LogP contribution in [0, 0.1) is 17.2 Å². The molecule has 1 saturated carbocycles. The molecule has 0 amide bonds. The van der Waals surface area contributed by atoms with E-state index in [1.54, 1.807) is 0 Å². The molecule has 2 rings (SSSR count). The van der Waals surface area contributed by atoms with Gasteiger partial charge in [-0.15, -0.1) is 0 Å². The number of nitrogens with zero attached hydrogens (tertiary/aromatic N) is 1. The smallest absolute Gasteiger partial charge is 0.0672 e. The third-order valence-corrected chi connectivity index (χ3v) is 5.51. The van der Waals surface area contributed by atoms with Crippen LogP contribution in [0.5, 0.6) is 0 Å². The summed E-state index contributed by atoms with van der Waals surface area (Å²) in [6.45, 7) is 3.45. The predicted molar refractivity (Wildman–Crippen MR) is 69.5 cm³/mol. The Morgan fingerprint density at radius 2 is 2.19 bits per heavy atom. The number of nitrogens with one attached hydrogen (secondary N) is 1. The molecule has 3 unspecified atom stereocenters. The molecule has 90 valence electrons. The van der Waals surface area contributed by atoms with Gasteiger partial charge in [0.2, 0.25) is 0 Å². The van der Waals surface area contributed by atoms with Gasteiger partial charge in [0, 0.05) is 17.3 Å². The molecule has 0 spiro atoms. The molecule has 1 saturated heterocycles. The molecular weight excluding hydrogens is 216 g/mol. The second-order valence-corrected chi connectivity index (χ2v) is 7.09. The van der Waals surface area contributed by atoms with Gasteiger partial charge in [0.25, 0.3) is 0 Å². The van der Waals surface area contributed by atoms with Crippen LogP contribution in [-0.4, -0.2) is 23.1 Å². The van der Waals surface area contributed by atoms with Gasteiger partial charge in [-0.05, 0) is 38.4 Å². The zero-order chi connectivity index (χ0) is 11.4. The number of hydrogen-bond acceptors (Lipinski definition) is 3. The van der Waals surface area contributed by atoms with Crippen molar-refractivity contribution in [3.63, 3.8) is 0 Å². The van der Waals surface area contributed by atoms with Gasteiger partial charge in [-0.2, -0.15) is 17.0 Å². The van der Waals surface area contributed by atoms with Crippen molar-refractivity contribution in [2.45, 2.75) is 56.2 Å². The Balaban J connectivity index is 1.82. The molecule has 0 aromatic rings. The van der Waals surface area contributed by atoms with E-state index in [9.17, 15) is 0 Å². The molecule has 1 aliphatic heterocycles. The minimum absolute atomic E-state index is 0.253. The van der Waals surface area contributed by atoms with E-state index in [0.29, 0.717) is 10.8 Å². The lowest BCUT2D eigenvalue weighted by atomic mass is 9.85. The van der Waals surface area contributed by atoms with Gasteiger partial charge in [0.1, 0.15) is 0 Å². The Hall–Kier alpha value is -0.200. The van der Waals surface area contributed by atoms with Crippen molar-refractivity contribution in [1.82, 2.24) is 5.32 Å². The van der Waals surface area contributed by atoms with Crippen molar-refractivity contribution in [3.05, 3.63) is 0 Å². The highest BCUT2D eigenvalue weighted by Crippen LogP contribution is 2.37. The van der Waals surface area contributed by atoms with Gasteiger partial charge in [-0.3, -0.25) is 0 Å². The Kier molecular flexibility index (Phi) is 4.16. The van der Waals surface area contributed by atoms with Crippen LogP contribution in [0.4, 0.5) is 0 Å². The van der Waals surface area contributed by atoms with Crippen molar-refractivity contribution >= 4 is 11.8 Å². The maximum absolute atomic E-state index is 9.12. The molecule has 3 heteroatoms. The molecule has 0 aromatic heterocycles. The second-order valence-electron chi connectivity index (χ2n) is 5.41. The minimum atomic E-state index is 0.253. The summed E-state index contributed by atoms with van der Waals surface area (Å²) >= 11 is 2.10. The van der Waals surface area contributed by atoms with Crippen LogP contribution < -0.4 is 5.32 Å². The fourth-order valence-corrected chi connectivity index (χ4v) is 4.11. The van der Waals surface area contributed by atoms with Gasteiger partial charge in [0.05, 0.1) is 12.0 Å². The monoisotopic (exact) mass is 238 g/mol. The van der Waals surface area contributed by atoms with Gasteiger partial charge in [-0.1, -0.05) is 12.8 Å². The van der Waals surface area contributed by atoms with Crippen LogP contribution in [0.3, 0.4) is 0 Å². The Labute approximate surface area is 103 Å². The molecular formula is C13H22N2S. The lowest BCUT2D eigenvalue weighted by Crippen LogP contribution is -2.44. The topological polar surface area (TPSA) is 35.8 Å². The maximum atomic E-state index is 9.12. The zero-order valence-electron chi connectivity index (χ0n) is 10.2. The van der Waals surface area contributed by atoms with Gasteiger partial charge in [0.15, 0.2) is 0 Å². The van der Waals surface area contributed by atoms with E-state index in [1.165, 1.54) is 37.9 Å². The number of hydrogen-bond donors (Lipinski definition) is 1. The summed E-state index contributed by atoms with van der Waals surface area (Å²) in [6, 6.07) is 2.93. The van der Waals surface area contributed by atoms with Crippen molar-refractivity contribution in [2.24, 2.45) is 5.92 Å². The molecule has 2 nitrogen and oxygen atoms in total. The lowest BCUT2D eigenvalue weighted by Gasteiger charge is -2.32. The van der Waals surface area contributed by atoms with Gasteiger partial charge >= 0.3 is 0 Å². The van der Waals surface area contributed by atoms with Crippen LogP contribution in [0.1, 0.15) is 45.4 Å². The first-order valence-corrected chi connectivity index (χ1v) is 7.49. The van der Waals surface area contributed by atoms with Crippen LogP contribution in [-0.2, 0) is 0 Å². The third kappa shape index (κ3) is 2.93. The first-order valence-electron chi connectivity index (χ1n) is 6.50. The summed E-state index contributed by atoms with van der Waals surface area (Å²) in [5.41, 5.74) is 0. The van der Waals surface area contributed by atoms with Crippen molar-refractivity contribution < 1.29 is 0 Å². The SMILES string of the molecule is CC1(CNC2CCCCC2C#N)CCCS1. The van der Waals surface area contributed by atoms with Crippen LogP contribution in [0.2, 0.25) is 0 Å². The predicted octanol–water partition coefficient (Wildman–Crippen LogP) is 2.94. The maximum Gasteiger partial charge on any atom is 0.0672 e. The van der Waals surface area contributed by atoms with E-state index < -0.39 is 0 Å². The number of nitriles is 1. The van der Waals surface area contributed by atoms with E-state index in [1.807, 2.05) is 0 Å². The summed E-state index contributed by atoms with van der Waals surface area (Å²) in [5, 5.41) is 12.8. The minimum Gasteiger partial charge on any atom is -0.311 e. The standard InChI is InChI=1S/C13H22N2S/c1-13(7-4-8-16-13)10-15-12-6-3-2-5-11(12)9-14/h11-12,15H,2-8,10H2,1H3.